The summed E-state index contributed by atoms with van der Waals surface area (Å²) in [6.07, 6.45) is 15.9. The molecule has 0 fully saturated rings. The summed E-state index contributed by atoms with van der Waals surface area (Å²) in [6, 6.07) is 6.60. The average Bonchev–Trinajstić information content (AvgIpc) is 2.36. The third-order valence-electron chi connectivity index (χ3n) is 3.80. The second kappa shape index (κ2) is 2.85. The SMILES string of the molecule is C1=CC2C=Cc3cccc4c3C2C(=C1)C=C4. The normalized spacial score (nSPS) is 27.6. The molecular formula is C16H12. The summed E-state index contributed by atoms with van der Waals surface area (Å²) in [7, 11) is 0. The Morgan fingerprint density at radius 2 is 1.75 bits per heavy atom. The van der Waals surface area contributed by atoms with Crippen molar-refractivity contribution in [1.29, 1.82) is 0 Å². The number of allylic oxidation sites excluding steroid dienone is 6. The smallest absolute Gasteiger partial charge is 0.0199 e. The van der Waals surface area contributed by atoms with E-state index in [-0.39, 0.29) is 0 Å². The van der Waals surface area contributed by atoms with E-state index < -0.39 is 0 Å². The van der Waals surface area contributed by atoms with Crippen molar-refractivity contribution in [1.82, 2.24) is 0 Å². The van der Waals surface area contributed by atoms with Gasteiger partial charge in [0.05, 0.1) is 0 Å². The van der Waals surface area contributed by atoms with Crippen LogP contribution in [0, 0.1) is 5.92 Å². The van der Waals surface area contributed by atoms with Crippen molar-refractivity contribution in [2.24, 2.45) is 5.92 Å². The quantitative estimate of drug-likeness (QED) is 0.600. The van der Waals surface area contributed by atoms with Crippen LogP contribution in [0.15, 0.2) is 54.2 Å². The molecule has 1 aromatic carbocycles. The number of hydrogen-bond acceptors (Lipinski definition) is 0. The lowest BCUT2D eigenvalue weighted by Crippen LogP contribution is -2.20. The zero-order chi connectivity index (χ0) is 10.5. The van der Waals surface area contributed by atoms with Crippen LogP contribution in [0.3, 0.4) is 0 Å². The molecule has 0 heteroatoms. The van der Waals surface area contributed by atoms with Gasteiger partial charge in [0.2, 0.25) is 0 Å². The monoisotopic (exact) mass is 204 g/mol. The van der Waals surface area contributed by atoms with Crippen molar-refractivity contribution in [3.05, 3.63) is 70.8 Å². The first-order valence-corrected chi connectivity index (χ1v) is 5.81. The van der Waals surface area contributed by atoms with E-state index >= 15 is 0 Å². The molecule has 4 rings (SSSR count). The molecular weight excluding hydrogens is 192 g/mol. The maximum atomic E-state index is 2.33. The van der Waals surface area contributed by atoms with Crippen LogP contribution in [0.4, 0.5) is 0 Å². The van der Waals surface area contributed by atoms with E-state index in [0.29, 0.717) is 11.8 Å². The fourth-order valence-corrected chi connectivity index (χ4v) is 3.08. The molecule has 3 aliphatic carbocycles. The first-order valence-electron chi connectivity index (χ1n) is 5.81. The highest BCUT2D eigenvalue weighted by Gasteiger charge is 2.31. The van der Waals surface area contributed by atoms with Crippen LogP contribution in [0.5, 0.6) is 0 Å². The zero-order valence-corrected chi connectivity index (χ0v) is 8.93. The molecule has 2 atom stereocenters. The van der Waals surface area contributed by atoms with Gasteiger partial charge in [0.15, 0.2) is 0 Å². The van der Waals surface area contributed by atoms with E-state index in [2.05, 4.69) is 60.7 Å². The molecule has 0 aromatic heterocycles. The first-order chi connectivity index (χ1) is 7.93. The Morgan fingerprint density at radius 1 is 0.875 bits per heavy atom. The van der Waals surface area contributed by atoms with Gasteiger partial charge in [-0.2, -0.15) is 0 Å². The van der Waals surface area contributed by atoms with Gasteiger partial charge < -0.3 is 0 Å². The highest BCUT2D eigenvalue weighted by atomic mass is 14.3. The molecule has 0 N–H and O–H groups in total. The molecule has 16 heavy (non-hydrogen) atoms. The highest BCUT2D eigenvalue weighted by molar-refractivity contribution is 5.74. The number of rotatable bonds is 0. The van der Waals surface area contributed by atoms with Gasteiger partial charge in [-0.25, -0.2) is 0 Å². The van der Waals surface area contributed by atoms with Crippen molar-refractivity contribution in [2.45, 2.75) is 5.92 Å². The van der Waals surface area contributed by atoms with E-state index in [0.717, 1.165) is 0 Å². The van der Waals surface area contributed by atoms with Gasteiger partial charge >= 0.3 is 0 Å². The number of hydrogen-bond donors (Lipinski definition) is 0. The van der Waals surface area contributed by atoms with Gasteiger partial charge in [-0.1, -0.05) is 60.7 Å². The van der Waals surface area contributed by atoms with Crippen LogP contribution < -0.4 is 0 Å². The predicted molar refractivity (Wildman–Crippen MR) is 68.0 cm³/mol. The largest absolute Gasteiger partial charge is 0.0767 e. The molecule has 0 spiro atoms. The van der Waals surface area contributed by atoms with Crippen molar-refractivity contribution < 1.29 is 0 Å². The molecule has 0 radical (unpaired) electrons. The molecule has 0 bridgehead atoms. The molecule has 0 saturated heterocycles. The first kappa shape index (κ1) is 8.35. The van der Waals surface area contributed by atoms with E-state index in [1.165, 1.54) is 22.3 Å². The van der Waals surface area contributed by atoms with Crippen LogP contribution in [0.25, 0.3) is 12.2 Å². The second-order valence-corrected chi connectivity index (χ2v) is 4.65. The van der Waals surface area contributed by atoms with Crippen molar-refractivity contribution in [3.8, 4) is 0 Å². The third kappa shape index (κ3) is 0.943. The molecule has 3 aliphatic rings. The van der Waals surface area contributed by atoms with Crippen molar-refractivity contribution in [2.75, 3.05) is 0 Å². The number of benzene rings is 1. The Balaban J connectivity index is 2.08. The third-order valence-corrected chi connectivity index (χ3v) is 3.80. The maximum absolute atomic E-state index is 2.33. The average molecular weight is 204 g/mol. The van der Waals surface area contributed by atoms with Gasteiger partial charge in [0, 0.05) is 11.8 Å². The highest BCUT2D eigenvalue weighted by Crippen LogP contribution is 2.46. The molecule has 1 aromatic rings. The summed E-state index contributed by atoms with van der Waals surface area (Å²) < 4.78 is 0. The summed E-state index contributed by atoms with van der Waals surface area (Å²) in [6.45, 7) is 0. The van der Waals surface area contributed by atoms with Gasteiger partial charge in [-0.05, 0) is 22.3 Å². The summed E-state index contributed by atoms with van der Waals surface area (Å²) in [4.78, 5) is 0. The Hall–Kier alpha value is -1.82. The van der Waals surface area contributed by atoms with E-state index in [1.807, 2.05) is 0 Å². The van der Waals surface area contributed by atoms with Crippen LogP contribution in [0.2, 0.25) is 0 Å². The summed E-state index contributed by atoms with van der Waals surface area (Å²) in [5.74, 6) is 1.12. The summed E-state index contributed by atoms with van der Waals surface area (Å²) in [5, 5.41) is 0. The predicted octanol–water partition coefficient (Wildman–Crippen LogP) is 3.94. The zero-order valence-electron chi connectivity index (χ0n) is 8.93. The Morgan fingerprint density at radius 3 is 2.69 bits per heavy atom. The Labute approximate surface area is 95.3 Å². The van der Waals surface area contributed by atoms with Gasteiger partial charge in [-0.15, -0.1) is 0 Å². The molecule has 2 unspecified atom stereocenters. The van der Waals surface area contributed by atoms with Gasteiger partial charge in [0.1, 0.15) is 0 Å². The van der Waals surface area contributed by atoms with Gasteiger partial charge in [0.25, 0.3) is 0 Å². The second-order valence-electron chi connectivity index (χ2n) is 4.65. The van der Waals surface area contributed by atoms with Crippen molar-refractivity contribution in [3.63, 3.8) is 0 Å². The summed E-state index contributed by atoms with van der Waals surface area (Å²) in [5.41, 5.74) is 5.76. The maximum Gasteiger partial charge on any atom is 0.0199 e. The minimum atomic E-state index is 0.554. The van der Waals surface area contributed by atoms with Crippen LogP contribution in [-0.4, -0.2) is 0 Å². The molecule has 76 valence electrons. The standard InChI is InChI=1S/C16H12/c1-3-11-7-9-13-5-2-6-14-10-8-12(4-1)15(11)16(13)14/h1-11,15H. The van der Waals surface area contributed by atoms with Crippen LogP contribution in [-0.2, 0) is 0 Å². The topological polar surface area (TPSA) is 0 Å². The molecule has 0 nitrogen and oxygen atoms in total. The molecule has 0 aliphatic heterocycles. The van der Waals surface area contributed by atoms with E-state index in [4.69, 9.17) is 0 Å². The molecule has 0 amide bonds. The fraction of sp³-hybridized carbons (Fsp3) is 0.125. The molecule has 0 saturated carbocycles. The Bertz CT molecular complexity index is 582. The van der Waals surface area contributed by atoms with Crippen LogP contribution in [0.1, 0.15) is 22.6 Å². The Kier molecular flexibility index (Phi) is 1.49. The van der Waals surface area contributed by atoms with Gasteiger partial charge in [-0.3, -0.25) is 0 Å². The minimum absolute atomic E-state index is 0.554. The molecule has 0 heterocycles. The minimum Gasteiger partial charge on any atom is -0.0767 e. The van der Waals surface area contributed by atoms with Crippen molar-refractivity contribution >= 4 is 12.2 Å². The van der Waals surface area contributed by atoms with E-state index in [9.17, 15) is 0 Å². The summed E-state index contributed by atoms with van der Waals surface area (Å²) >= 11 is 0. The fourth-order valence-electron chi connectivity index (χ4n) is 3.08. The lowest BCUT2D eigenvalue weighted by Gasteiger charge is -2.34. The van der Waals surface area contributed by atoms with E-state index in [1.54, 1.807) is 0 Å². The van der Waals surface area contributed by atoms with Crippen LogP contribution >= 0.6 is 0 Å². The lowest BCUT2D eigenvalue weighted by atomic mass is 9.69. The lowest BCUT2D eigenvalue weighted by molar-refractivity contribution is 0.664.